The fraction of sp³-hybridized carbons (Fsp3) is 0.333. The minimum atomic E-state index is -0.646. The van der Waals surface area contributed by atoms with Crippen LogP contribution in [0.15, 0.2) is 30.6 Å². The molecule has 0 aliphatic carbocycles. The van der Waals surface area contributed by atoms with Crippen molar-refractivity contribution in [1.29, 1.82) is 0 Å². The lowest BCUT2D eigenvalue weighted by atomic mass is 9.94. The molecule has 0 fully saturated rings. The molecule has 1 unspecified atom stereocenters. The zero-order valence-corrected chi connectivity index (χ0v) is 21.6. The molecule has 4 aromatic rings. The van der Waals surface area contributed by atoms with E-state index in [2.05, 4.69) is 25.7 Å². The van der Waals surface area contributed by atoms with Gasteiger partial charge in [-0.05, 0) is 43.4 Å². The summed E-state index contributed by atoms with van der Waals surface area (Å²) in [6.45, 7) is 5.78. The van der Waals surface area contributed by atoms with Gasteiger partial charge in [-0.2, -0.15) is 5.10 Å². The van der Waals surface area contributed by atoms with Crippen LogP contribution in [0, 0.1) is 12.7 Å². The minimum Gasteiger partial charge on any atom is -0.396 e. The second kappa shape index (κ2) is 10.3. The van der Waals surface area contributed by atoms with Crippen LogP contribution in [0.3, 0.4) is 0 Å². The summed E-state index contributed by atoms with van der Waals surface area (Å²) in [5.74, 6) is 0.627. The van der Waals surface area contributed by atoms with E-state index < -0.39 is 11.9 Å². The molecule has 0 bridgehead atoms. The van der Waals surface area contributed by atoms with E-state index in [4.69, 9.17) is 5.73 Å². The normalized spacial score (nSPS) is 14.7. The first-order chi connectivity index (χ1) is 18.3. The van der Waals surface area contributed by atoms with Crippen LogP contribution in [0.25, 0.3) is 21.9 Å². The number of anilines is 4. The third-order valence-corrected chi connectivity index (χ3v) is 7.01. The molecule has 10 nitrogen and oxygen atoms in total. The Labute approximate surface area is 219 Å². The molecule has 1 aliphatic heterocycles. The third kappa shape index (κ3) is 4.60. The number of hydrogen-bond donors (Lipinski definition) is 4. The number of likely N-dealkylation sites (N-methyl/N-ethyl adjacent to an activating group) is 1. The number of aliphatic hydroxyl groups excluding tert-OH is 1. The zero-order chi connectivity index (χ0) is 27.0. The van der Waals surface area contributed by atoms with Crippen molar-refractivity contribution in [3.63, 3.8) is 0 Å². The average Bonchev–Trinajstić information content (AvgIpc) is 3.31. The van der Waals surface area contributed by atoms with Crippen LogP contribution in [0.4, 0.5) is 27.4 Å². The highest BCUT2D eigenvalue weighted by molar-refractivity contribution is 5.98. The average molecular weight is 519 g/mol. The van der Waals surface area contributed by atoms with Crippen LogP contribution in [0.5, 0.6) is 0 Å². The Bertz CT molecular complexity index is 1520. The van der Waals surface area contributed by atoms with Gasteiger partial charge in [-0.25, -0.2) is 9.37 Å². The van der Waals surface area contributed by atoms with Gasteiger partial charge in [0.05, 0.1) is 23.2 Å². The fourth-order valence-electron chi connectivity index (χ4n) is 4.87. The summed E-state index contributed by atoms with van der Waals surface area (Å²) >= 11 is 0. The highest BCUT2D eigenvalue weighted by Crippen LogP contribution is 2.40. The molecule has 0 spiro atoms. The van der Waals surface area contributed by atoms with Gasteiger partial charge in [-0.1, -0.05) is 0 Å². The van der Waals surface area contributed by atoms with Crippen LogP contribution in [-0.2, 0) is 17.8 Å². The maximum Gasteiger partial charge on any atom is 0.209 e. The number of benzene rings is 1. The molecule has 1 atom stereocenters. The van der Waals surface area contributed by atoms with Crippen LogP contribution >= 0.6 is 0 Å². The van der Waals surface area contributed by atoms with Gasteiger partial charge in [0.1, 0.15) is 5.82 Å². The molecule has 4 heterocycles. The van der Waals surface area contributed by atoms with Gasteiger partial charge in [0.15, 0.2) is 11.6 Å². The zero-order valence-electron chi connectivity index (χ0n) is 21.6. The number of nitrogens with one attached hydrogen (secondary N) is 2. The molecule has 0 radical (unpaired) electrons. The van der Waals surface area contributed by atoms with Crippen molar-refractivity contribution >= 4 is 40.2 Å². The number of aryl methyl sites for hydroxylation is 1. The SMILES string of the molecule is CCn1nc(Nc2cc3cc(-c4cnc5c(c4C)NCCC5O)c(F)c(N)c3cn2)cc1CCN(C)C=O. The molecule has 5 rings (SSSR count). The van der Waals surface area contributed by atoms with E-state index in [9.17, 15) is 9.90 Å². The number of carbonyl (C=O) groups is 1. The Morgan fingerprint density at radius 3 is 2.84 bits per heavy atom. The molecule has 0 saturated carbocycles. The van der Waals surface area contributed by atoms with E-state index in [0.717, 1.165) is 23.4 Å². The van der Waals surface area contributed by atoms with Gasteiger partial charge in [0, 0.05) is 73.8 Å². The standard InChI is InChI=1S/C27H31FN8O2/c1-4-36-17(6-8-35(3)14-37)11-23(34-36)33-22-10-16-9-18(24(28)25(29)20(16)13-31-22)19-12-32-27-21(38)5-7-30-26(27)15(19)2/h9-14,21,30,38H,4-8,29H2,1-3H3,(H,31,33,34). The van der Waals surface area contributed by atoms with Crippen LogP contribution in [-0.4, -0.2) is 56.3 Å². The molecule has 1 aliphatic rings. The first-order valence-electron chi connectivity index (χ1n) is 12.6. The molecule has 0 saturated heterocycles. The Balaban J connectivity index is 1.49. The molecule has 198 valence electrons. The fourth-order valence-corrected chi connectivity index (χ4v) is 4.87. The number of hydrogen-bond acceptors (Lipinski definition) is 8. The number of rotatable bonds is 8. The van der Waals surface area contributed by atoms with Crippen molar-refractivity contribution in [2.24, 2.45) is 0 Å². The second-order valence-corrected chi connectivity index (χ2v) is 9.53. The lowest BCUT2D eigenvalue weighted by Gasteiger charge is -2.25. The largest absolute Gasteiger partial charge is 0.396 e. The van der Waals surface area contributed by atoms with Gasteiger partial charge in [-0.3, -0.25) is 14.5 Å². The third-order valence-electron chi connectivity index (χ3n) is 7.01. The lowest BCUT2D eigenvalue weighted by molar-refractivity contribution is -0.116. The highest BCUT2D eigenvalue weighted by atomic mass is 19.1. The maximum absolute atomic E-state index is 15.5. The summed E-state index contributed by atoms with van der Waals surface area (Å²) in [4.78, 5) is 21.4. The van der Waals surface area contributed by atoms with Gasteiger partial charge >= 0.3 is 0 Å². The number of nitrogens with two attached hydrogens (primary N) is 1. The van der Waals surface area contributed by atoms with E-state index in [1.54, 1.807) is 30.4 Å². The number of nitrogen functional groups attached to an aromatic ring is 1. The predicted octanol–water partition coefficient (Wildman–Crippen LogP) is 3.77. The number of carbonyl (C=O) groups excluding carboxylic acids is 1. The van der Waals surface area contributed by atoms with Gasteiger partial charge < -0.3 is 26.4 Å². The predicted molar refractivity (Wildman–Crippen MR) is 146 cm³/mol. The first-order valence-corrected chi connectivity index (χ1v) is 12.6. The number of nitrogens with zero attached hydrogens (tertiary/aromatic N) is 5. The van der Waals surface area contributed by atoms with E-state index in [-0.39, 0.29) is 5.69 Å². The highest BCUT2D eigenvalue weighted by Gasteiger charge is 2.24. The Kier molecular flexibility index (Phi) is 6.85. The van der Waals surface area contributed by atoms with E-state index >= 15 is 4.39 Å². The van der Waals surface area contributed by atoms with E-state index in [1.165, 1.54) is 0 Å². The van der Waals surface area contributed by atoms with Crippen molar-refractivity contribution in [3.05, 3.63) is 53.4 Å². The first kappa shape index (κ1) is 25.4. The number of aromatic nitrogens is 4. The number of amides is 1. The molecule has 1 aromatic carbocycles. The summed E-state index contributed by atoms with van der Waals surface area (Å²) in [5.41, 5.74) is 10.3. The van der Waals surface area contributed by atoms with Gasteiger partial charge in [-0.15, -0.1) is 0 Å². The molecule has 11 heteroatoms. The Morgan fingerprint density at radius 2 is 2.08 bits per heavy atom. The number of pyridine rings is 2. The molecule has 1 amide bonds. The van der Waals surface area contributed by atoms with Crippen molar-refractivity contribution in [2.45, 2.75) is 39.3 Å². The summed E-state index contributed by atoms with van der Waals surface area (Å²) in [6.07, 6.45) is 4.54. The van der Waals surface area contributed by atoms with Crippen LogP contribution < -0.4 is 16.4 Å². The van der Waals surface area contributed by atoms with Crippen molar-refractivity contribution in [2.75, 3.05) is 36.5 Å². The Morgan fingerprint density at radius 1 is 1.26 bits per heavy atom. The Hall–Kier alpha value is -4.25. The van der Waals surface area contributed by atoms with Crippen molar-refractivity contribution < 1.29 is 14.3 Å². The van der Waals surface area contributed by atoms with Crippen molar-refractivity contribution in [1.82, 2.24) is 24.6 Å². The maximum atomic E-state index is 15.5. The lowest BCUT2D eigenvalue weighted by Crippen LogP contribution is -2.20. The van der Waals surface area contributed by atoms with Crippen molar-refractivity contribution in [3.8, 4) is 11.1 Å². The monoisotopic (exact) mass is 518 g/mol. The van der Waals surface area contributed by atoms with Gasteiger partial charge in [0.2, 0.25) is 6.41 Å². The molecule has 5 N–H and O–H groups in total. The number of fused-ring (bicyclic) bond motifs is 2. The quantitative estimate of drug-likeness (QED) is 0.205. The smallest absolute Gasteiger partial charge is 0.209 e. The van der Waals surface area contributed by atoms with Gasteiger partial charge in [0.25, 0.3) is 0 Å². The topological polar surface area (TPSA) is 134 Å². The second-order valence-electron chi connectivity index (χ2n) is 9.53. The molecule has 3 aromatic heterocycles. The summed E-state index contributed by atoms with van der Waals surface area (Å²) in [5, 5.41) is 22.6. The number of halogens is 1. The van der Waals surface area contributed by atoms with E-state index in [0.29, 0.717) is 71.7 Å². The molecule has 38 heavy (non-hydrogen) atoms. The minimum absolute atomic E-state index is 0.0125. The van der Waals surface area contributed by atoms with Crippen LogP contribution in [0.2, 0.25) is 0 Å². The summed E-state index contributed by atoms with van der Waals surface area (Å²) in [7, 11) is 1.74. The van der Waals surface area contributed by atoms with E-state index in [1.807, 2.05) is 30.7 Å². The molecular weight excluding hydrogens is 487 g/mol. The summed E-state index contributed by atoms with van der Waals surface area (Å²) in [6, 6.07) is 5.49. The van der Waals surface area contributed by atoms with Crippen LogP contribution in [0.1, 0.15) is 36.4 Å². The molecular formula is C27H31FN8O2. The summed E-state index contributed by atoms with van der Waals surface area (Å²) < 4.78 is 17.4. The number of aliphatic hydroxyl groups is 1.